The van der Waals surface area contributed by atoms with E-state index in [1.165, 1.54) is 0 Å². The van der Waals surface area contributed by atoms with Gasteiger partial charge in [0.15, 0.2) is 0 Å². The molecule has 0 saturated heterocycles. The zero-order chi connectivity index (χ0) is 18.1. The highest BCUT2D eigenvalue weighted by molar-refractivity contribution is 6.67. The van der Waals surface area contributed by atoms with Crippen LogP contribution in [0, 0.1) is 6.92 Å². The van der Waals surface area contributed by atoms with Gasteiger partial charge in [-0.1, -0.05) is 59.1 Å². The van der Waals surface area contributed by atoms with Crippen molar-refractivity contribution >= 4 is 40.0 Å². The summed E-state index contributed by atoms with van der Waals surface area (Å²) in [6.07, 6.45) is 0. The van der Waals surface area contributed by atoms with Crippen molar-refractivity contribution in [3.05, 3.63) is 75.4 Å². The van der Waals surface area contributed by atoms with Gasteiger partial charge in [-0.05, 0) is 54.8 Å². The van der Waals surface area contributed by atoms with E-state index in [9.17, 15) is 4.79 Å². The lowest BCUT2D eigenvalue weighted by Gasteiger charge is -2.17. The van der Waals surface area contributed by atoms with E-state index < -0.39 is 5.24 Å². The molecule has 25 heavy (non-hydrogen) atoms. The van der Waals surface area contributed by atoms with Crippen LogP contribution in [0.3, 0.4) is 0 Å². The fourth-order valence-electron chi connectivity index (χ4n) is 2.64. The number of benzene rings is 2. The zero-order valence-electron chi connectivity index (χ0n) is 13.6. The molecule has 0 aliphatic heterocycles. The van der Waals surface area contributed by atoms with Crippen LogP contribution in [-0.4, -0.2) is 15.0 Å². The van der Waals surface area contributed by atoms with Gasteiger partial charge in [0.1, 0.15) is 5.69 Å². The first-order chi connectivity index (χ1) is 11.9. The van der Waals surface area contributed by atoms with E-state index in [0.29, 0.717) is 10.0 Å². The van der Waals surface area contributed by atoms with Crippen LogP contribution in [0.4, 0.5) is 0 Å². The second-order valence-electron chi connectivity index (χ2n) is 5.85. The highest BCUT2D eigenvalue weighted by atomic mass is 35.5. The molecule has 0 fully saturated rings. The third kappa shape index (κ3) is 3.74. The Morgan fingerprint density at radius 3 is 2.32 bits per heavy atom. The molecule has 0 saturated carbocycles. The maximum absolute atomic E-state index is 11.6. The second-order valence-corrected chi connectivity index (χ2v) is 7.01. The standard InChI is InChI=1S/C19H15Cl3N2O/c1-11-3-5-13(6-4-11)18-10-17(19(22)25)23-24(18)12(2)14-7-8-15(20)16(21)9-14/h3-10,12H,1-2H3. The smallest absolute Gasteiger partial charge is 0.272 e. The number of nitrogens with zero attached hydrogens (tertiary/aromatic N) is 2. The summed E-state index contributed by atoms with van der Waals surface area (Å²) in [6, 6.07) is 15.0. The van der Waals surface area contributed by atoms with E-state index in [1.54, 1.807) is 22.9 Å². The predicted octanol–water partition coefficient (Wildman–Crippen LogP) is 6.15. The number of halogens is 3. The molecule has 3 aromatic rings. The van der Waals surface area contributed by atoms with Gasteiger partial charge >= 0.3 is 0 Å². The highest BCUT2D eigenvalue weighted by Gasteiger charge is 2.19. The third-order valence-electron chi connectivity index (χ3n) is 4.08. The Bertz CT molecular complexity index is 932. The Morgan fingerprint density at radius 1 is 1.04 bits per heavy atom. The number of aromatic nitrogens is 2. The van der Waals surface area contributed by atoms with Crippen molar-refractivity contribution in [3.8, 4) is 11.3 Å². The van der Waals surface area contributed by atoms with Crippen LogP contribution in [-0.2, 0) is 0 Å². The molecule has 0 amide bonds. The number of rotatable bonds is 4. The minimum atomic E-state index is -0.589. The lowest BCUT2D eigenvalue weighted by Crippen LogP contribution is -2.11. The molecule has 2 aromatic carbocycles. The van der Waals surface area contributed by atoms with Crippen molar-refractivity contribution in [1.29, 1.82) is 0 Å². The molecule has 0 aliphatic carbocycles. The average molecular weight is 394 g/mol. The van der Waals surface area contributed by atoms with Crippen LogP contribution in [0.5, 0.6) is 0 Å². The van der Waals surface area contributed by atoms with E-state index in [0.717, 1.165) is 22.4 Å². The quantitative estimate of drug-likeness (QED) is 0.498. The van der Waals surface area contributed by atoms with Gasteiger partial charge in [-0.25, -0.2) is 0 Å². The Labute approximate surface area is 161 Å². The summed E-state index contributed by atoms with van der Waals surface area (Å²) in [5.74, 6) is 0. The SMILES string of the molecule is Cc1ccc(-c2cc(C(=O)Cl)nn2C(C)c2ccc(Cl)c(Cl)c2)cc1. The summed E-state index contributed by atoms with van der Waals surface area (Å²) < 4.78 is 1.78. The number of carbonyl (C=O) groups is 1. The summed E-state index contributed by atoms with van der Waals surface area (Å²) in [5.41, 5.74) is 4.06. The molecule has 0 N–H and O–H groups in total. The van der Waals surface area contributed by atoms with Crippen molar-refractivity contribution in [1.82, 2.24) is 9.78 Å². The second kappa shape index (κ2) is 7.20. The lowest BCUT2D eigenvalue weighted by atomic mass is 10.1. The van der Waals surface area contributed by atoms with Crippen molar-refractivity contribution in [2.45, 2.75) is 19.9 Å². The van der Waals surface area contributed by atoms with Crippen molar-refractivity contribution < 1.29 is 4.79 Å². The monoisotopic (exact) mass is 392 g/mol. The lowest BCUT2D eigenvalue weighted by molar-refractivity contribution is 0.107. The van der Waals surface area contributed by atoms with Gasteiger partial charge in [-0.3, -0.25) is 9.48 Å². The Morgan fingerprint density at radius 2 is 1.72 bits per heavy atom. The van der Waals surface area contributed by atoms with E-state index in [2.05, 4.69) is 5.10 Å². The Hall–Kier alpha value is -1.81. The molecule has 1 unspecified atom stereocenters. The minimum Gasteiger partial charge on any atom is -0.274 e. The minimum absolute atomic E-state index is 0.157. The molecule has 0 bridgehead atoms. The molecule has 1 atom stereocenters. The normalized spacial score (nSPS) is 12.2. The summed E-state index contributed by atoms with van der Waals surface area (Å²) in [7, 11) is 0. The first kappa shape index (κ1) is 18.0. The molecule has 0 spiro atoms. The third-order valence-corrected chi connectivity index (χ3v) is 5.01. The number of aryl methyl sites for hydroxylation is 1. The van der Waals surface area contributed by atoms with E-state index in [1.807, 2.05) is 44.2 Å². The van der Waals surface area contributed by atoms with Crippen LogP contribution in [0.2, 0.25) is 10.0 Å². The number of hydrogen-bond acceptors (Lipinski definition) is 2. The van der Waals surface area contributed by atoms with Crippen molar-refractivity contribution in [2.75, 3.05) is 0 Å². The Kier molecular flexibility index (Phi) is 5.19. The molecule has 3 rings (SSSR count). The fraction of sp³-hybridized carbons (Fsp3) is 0.158. The van der Waals surface area contributed by atoms with Gasteiger partial charge in [-0.2, -0.15) is 5.10 Å². The average Bonchev–Trinajstić information content (AvgIpc) is 3.03. The molecule has 0 aliphatic rings. The van der Waals surface area contributed by atoms with Gasteiger partial charge in [0, 0.05) is 0 Å². The van der Waals surface area contributed by atoms with Crippen LogP contribution < -0.4 is 0 Å². The van der Waals surface area contributed by atoms with E-state index in [4.69, 9.17) is 34.8 Å². The molecule has 0 radical (unpaired) electrons. The molecule has 3 nitrogen and oxygen atoms in total. The molecular weight excluding hydrogens is 379 g/mol. The van der Waals surface area contributed by atoms with Crippen LogP contribution in [0.1, 0.15) is 34.6 Å². The van der Waals surface area contributed by atoms with Crippen molar-refractivity contribution in [2.24, 2.45) is 0 Å². The number of hydrogen-bond donors (Lipinski definition) is 0. The predicted molar refractivity (Wildman–Crippen MR) is 103 cm³/mol. The topological polar surface area (TPSA) is 34.9 Å². The first-order valence-electron chi connectivity index (χ1n) is 7.68. The summed E-state index contributed by atoms with van der Waals surface area (Å²) >= 11 is 17.8. The number of carbonyl (C=O) groups excluding carboxylic acids is 1. The molecule has 1 heterocycles. The van der Waals surface area contributed by atoms with Crippen LogP contribution in [0.25, 0.3) is 11.3 Å². The maximum atomic E-state index is 11.6. The molecule has 128 valence electrons. The summed E-state index contributed by atoms with van der Waals surface area (Å²) in [6.45, 7) is 4.00. The zero-order valence-corrected chi connectivity index (χ0v) is 15.9. The fourth-order valence-corrected chi connectivity index (χ4v) is 3.04. The maximum Gasteiger partial charge on any atom is 0.272 e. The summed E-state index contributed by atoms with van der Waals surface area (Å²) in [5, 5.41) is 4.78. The van der Waals surface area contributed by atoms with E-state index >= 15 is 0 Å². The van der Waals surface area contributed by atoms with Gasteiger partial charge in [0.2, 0.25) is 0 Å². The van der Waals surface area contributed by atoms with Gasteiger partial charge in [0.05, 0.1) is 21.8 Å². The van der Waals surface area contributed by atoms with Crippen LogP contribution >= 0.6 is 34.8 Å². The largest absolute Gasteiger partial charge is 0.274 e. The first-order valence-corrected chi connectivity index (χ1v) is 8.81. The van der Waals surface area contributed by atoms with E-state index in [-0.39, 0.29) is 11.7 Å². The molecule has 1 aromatic heterocycles. The Balaban J connectivity index is 2.11. The molecule has 6 heteroatoms. The van der Waals surface area contributed by atoms with Crippen LogP contribution in [0.15, 0.2) is 48.5 Å². The van der Waals surface area contributed by atoms with Gasteiger partial charge in [-0.15, -0.1) is 0 Å². The molecular formula is C19H15Cl3N2O. The highest BCUT2D eigenvalue weighted by Crippen LogP contribution is 2.31. The van der Waals surface area contributed by atoms with Crippen molar-refractivity contribution in [3.63, 3.8) is 0 Å². The van der Waals surface area contributed by atoms with Gasteiger partial charge < -0.3 is 0 Å². The van der Waals surface area contributed by atoms with Gasteiger partial charge in [0.25, 0.3) is 5.24 Å². The summed E-state index contributed by atoms with van der Waals surface area (Å²) in [4.78, 5) is 11.6.